The number of nitrogens with zero attached hydrogens (tertiary/aromatic N) is 2. The van der Waals surface area contributed by atoms with Gasteiger partial charge in [-0.2, -0.15) is 4.37 Å². The second-order valence-corrected chi connectivity index (χ2v) is 4.59. The van der Waals surface area contributed by atoms with Crippen molar-refractivity contribution in [1.29, 1.82) is 0 Å². The fraction of sp³-hybridized carbons (Fsp3) is 0.111. The highest BCUT2D eigenvalue weighted by molar-refractivity contribution is 7.09. The Morgan fingerprint density at radius 1 is 1.33 bits per heavy atom. The summed E-state index contributed by atoms with van der Waals surface area (Å²) < 4.78 is 4.09. The van der Waals surface area contributed by atoms with Crippen LogP contribution >= 0.6 is 34.7 Å². The number of nitrogens with two attached hydrogens (primary N) is 1. The summed E-state index contributed by atoms with van der Waals surface area (Å²) in [6.45, 7) is 0. The first kappa shape index (κ1) is 10.7. The molecular formula is C9H7Cl2N3S. The Kier molecular flexibility index (Phi) is 3.09. The lowest BCUT2D eigenvalue weighted by atomic mass is 10.1. The molecule has 0 aliphatic carbocycles. The molecule has 0 aliphatic rings. The number of hydrogen-bond acceptors (Lipinski definition) is 4. The molecule has 0 atom stereocenters. The minimum absolute atomic E-state index is 0.468. The Morgan fingerprint density at radius 2 is 2.13 bits per heavy atom. The lowest BCUT2D eigenvalue weighted by Crippen LogP contribution is -1.92. The average molecular weight is 260 g/mol. The Balaban J connectivity index is 2.24. The summed E-state index contributed by atoms with van der Waals surface area (Å²) in [5.74, 6) is 0.682. The van der Waals surface area contributed by atoms with E-state index in [9.17, 15) is 0 Å². The zero-order chi connectivity index (χ0) is 10.8. The number of rotatable bonds is 2. The number of hydrogen-bond donors (Lipinski definition) is 1. The van der Waals surface area contributed by atoms with Gasteiger partial charge < -0.3 is 5.73 Å². The normalized spacial score (nSPS) is 10.5. The molecule has 0 spiro atoms. The average Bonchev–Trinajstić information content (AvgIpc) is 2.56. The number of aromatic nitrogens is 2. The van der Waals surface area contributed by atoms with Gasteiger partial charge in [-0.3, -0.25) is 0 Å². The molecule has 0 aliphatic heterocycles. The van der Waals surface area contributed by atoms with Gasteiger partial charge in [-0.1, -0.05) is 29.3 Å². The number of anilines is 1. The maximum absolute atomic E-state index is 6.02. The van der Waals surface area contributed by atoms with Crippen LogP contribution in [-0.2, 0) is 6.42 Å². The van der Waals surface area contributed by atoms with Crippen LogP contribution in [-0.4, -0.2) is 9.36 Å². The molecule has 1 aromatic carbocycles. The number of nitrogen functional groups attached to an aromatic ring is 1. The molecule has 2 N–H and O–H groups in total. The molecule has 0 saturated heterocycles. The number of benzene rings is 1. The first-order valence-electron chi connectivity index (χ1n) is 4.17. The smallest absolute Gasteiger partial charge is 0.199 e. The van der Waals surface area contributed by atoms with Gasteiger partial charge in [0, 0.05) is 28.0 Å². The van der Waals surface area contributed by atoms with Gasteiger partial charge in [0.25, 0.3) is 0 Å². The van der Waals surface area contributed by atoms with Gasteiger partial charge in [-0.05, 0) is 17.7 Å². The van der Waals surface area contributed by atoms with Crippen molar-refractivity contribution >= 4 is 39.9 Å². The van der Waals surface area contributed by atoms with Gasteiger partial charge >= 0.3 is 0 Å². The molecule has 0 unspecified atom stereocenters. The first-order chi connectivity index (χ1) is 7.15. The van der Waals surface area contributed by atoms with Gasteiger partial charge in [0.05, 0.1) is 0 Å². The molecule has 1 heterocycles. The van der Waals surface area contributed by atoms with Crippen LogP contribution in [0.5, 0.6) is 0 Å². The summed E-state index contributed by atoms with van der Waals surface area (Å²) in [6, 6.07) is 5.36. The van der Waals surface area contributed by atoms with Crippen molar-refractivity contribution in [3.05, 3.63) is 39.6 Å². The third kappa shape index (κ3) is 2.59. The molecule has 15 heavy (non-hydrogen) atoms. The van der Waals surface area contributed by atoms with E-state index in [2.05, 4.69) is 9.36 Å². The standard InChI is InChI=1S/C9H7Cl2N3S/c10-6-2-1-5(7(11)4-6)3-8-13-9(12)15-14-8/h1-2,4H,3H2,(H2,12,13,14). The van der Waals surface area contributed by atoms with Crippen molar-refractivity contribution in [3.63, 3.8) is 0 Å². The predicted octanol–water partition coefficient (Wildman–Crippen LogP) is 3.02. The van der Waals surface area contributed by atoms with E-state index in [1.54, 1.807) is 12.1 Å². The molecule has 2 rings (SSSR count). The molecule has 0 saturated carbocycles. The zero-order valence-corrected chi connectivity index (χ0v) is 9.90. The van der Waals surface area contributed by atoms with Crippen molar-refractivity contribution in [2.75, 3.05) is 5.73 Å². The van der Waals surface area contributed by atoms with Gasteiger partial charge in [-0.25, -0.2) is 4.98 Å². The van der Waals surface area contributed by atoms with E-state index in [0.717, 1.165) is 5.56 Å². The molecule has 0 amide bonds. The predicted molar refractivity (Wildman–Crippen MR) is 63.6 cm³/mol. The Hall–Kier alpha value is -0.840. The first-order valence-corrected chi connectivity index (χ1v) is 5.70. The quantitative estimate of drug-likeness (QED) is 0.902. The highest BCUT2D eigenvalue weighted by atomic mass is 35.5. The van der Waals surface area contributed by atoms with E-state index in [4.69, 9.17) is 28.9 Å². The Labute approximate surface area is 101 Å². The summed E-state index contributed by atoms with van der Waals surface area (Å²) in [5.41, 5.74) is 6.43. The van der Waals surface area contributed by atoms with Crippen LogP contribution in [0.4, 0.5) is 5.13 Å². The fourth-order valence-corrected chi connectivity index (χ4v) is 2.10. The fourth-order valence-electron chi connectivity index (χ4n) is 1.17. The highest BCUT2D eigenvalue weighted by Gasteiger charge is 2.06. The summed E-state index contributed by atoms with van der Waals surface area (Å²) in [5, 5.41) is 1.71. The minimum atomic E-state index is 0.468. The summed E-state index contributed by atoms with van der Waals surface area (Å²) >= 11 is 13.0. The van der Waals surface area contributed by atoms with Crippen LogP contribution < -0.4 is 5.73 Å². The van der Waals surface area contributed by atoms with E-state index < -0.39 is 0 Å². The molecule has 6 heteroatoms. The SMILES string of the molecule is Nc1nc(Cc2ccc(Cl)cc2Cl)ns1. The second-order valence-electron chi connectivity index (χ2n) is 2.96. The van der Waals surface area contributed by atoms with Crippen LogP contribution in [0.3, 0.4) is 0 Å². The molecule has 3 nitrogen and oxygen atoms in total. The van der Waals surface area contributed by atoms with Gasteiger partial charge in [0.2, 0.25) is 0 Å². The van der Waals surface area contributed by atoms with E-state index in [1.807, 2.05) is 6.07 Å². The van der Waals surface area contributed by atoms with E-state index in [-0.39, 0.29) is 0 Å². The van der Waals surface area contributed by atoms with Gasteiger partial charge in [0.15, 0.2) is 5.13 Å². The van der Waals surface area contributed by atoms with Crippen molar-refractivity contribution in [1.82, 2.24) is 9.36 Å². The van der Waals surface area contributed by atoms with Crippen molar-refractivity contribution in [2.24, 2.45) is 0 Å². The maximum atomic E-state index is 6.02. The third-order valence-corrected chi connectivity index (χ3v) is 3.01. The van der Waals surface area contributed by atoms with Crippen molar-refractivity contribution in [2.45, 2.75) is 6.42 Å². The third-order valence-electron chi connectivity index (χ3n) is 1.85. The summed E-state index contributed by atoms with van der Waals surface area (Å²) in [6.07, 6.45) is 0.573. The van der Waals surface area contributed by atoms with Crippen LogP contribution in [0, 0.1) is 0 Å². The molecule has 1 aromatic heterocycles. The molecular weight excluding hydrogens is 253 g/mol. The molecule has 0 fully saturated rings. The maximum Gasteiger partial charge on any atom is 0.199 e. The molecule has 0 radical (unpaired) electrons. The Morgan fingerprint density at radius 3 is 2.73 bits per heavy atom. The molecule has 2 aromatic rings. The second kappa shape index (κ2) is 4.35. The minimum Gasteiger partial charge on any atom is -0.374 e. The largest absolute Gasteiger partial charge is 0.374 e. The lowest BCUT2D eigenvalue weighted by molar-refractivity contribution is 1.04. The van der Waals surface area contributed by atoms with Crippen LogP contribution in [0.1, 0.15) is 11.4 Å². The van der Waals surface area contributed by atoms with Crippen molar-refractivity contribution < 1.29 is 0 Å². The van der Waals surface area contributed by atoms with Gasteiger partial charge in [0.1, 0.15) is 5.82 Å². The molecule has 0 bridgehead atoms. The lowest BCUT2D eigenvalue weighted by Gasteiger charge is -2.01. The van der Waals surface area contributed by atoms with E-state index >= 15 is 0 Å². The number of halogens is 2. The zero-order valence-electron chi connectivity index (χ0n) is 7.58. The van der Waals surface area contributed by atoms with E-state index in [0.29, 0.717) is 27.4 Å². The van der Waals surface area contributed by atoms with Crippen LogP contribution in [0.15, 0.2) is 18.2 Å². The van der Waals surface area contributed by atoms with Gasteiger partial charge in [-0.15, -0.1) is 0 Å². The topological polar surface area (TPSA) is 51.8 Å². The Bertz CT molecular complexity index is 484. The van der Waals surface area contributed by atoms with E-state index in [1.165, 1.54) is 11.5 Å². The monoisotopic (exact) mass is 259 g/mol. The molecule has 78 valence electrons. The summed E-state index contributed by atoms with van der Waals surface area (Å²) in [7, 11) is 0. The van der Waals surface area contributed by atoms with Crippen molar-refractivity contribution in [3.8, 4) is 0 Å². The van der Waals surface area contributed by atoms with Crippen LogP contribution in [0.25, 0.3) is 0 Å². The summed E-state index contributed by atoms with van der Waals surface area (Å²) in [4.78, 5) is 4.06. The highest BCUT2D eigenvalue weighted by Crippen LogP contribution is 2.23. The van der Waals surface area contributed by atoms with Crippen LogP contribution in [0.2, 0.25) is 10.0 Å².